The van der Waals surface area contributed by atoms with Gasteiger partial charge in [-0.3, -0.25) is 24.1 Å². The summed E-state index contributed by atoms with van der Waals surface area (Å²) in [6.07, 6.45) is 3.85. The van der Waals surface area contributed by atoms with Gasteiger partial charge in [-0.2, -0.15) is 0 Å². The van der Waals surface area contributed by atoms with Crippen LogP contribution in [0.25, 0.3) is 0 Å². The van der Waals surface area contributed by atoms with Crippen molar-refractivity contribution in [2.24, 2.45) is 0 Å². The first kappa shape index (κ1) is 21.5. The number of aromatic amines is 1. The summed E-state index contributed by atoms with van der Waals surface area (Å²) in [5, 5.41) is 0. The lowest BCUT2D eigenvalue weighted by atomic mass is 10.1. The van der Waals surface area contributed by atoms with Crippen LogP contribution in [0.4, 0.5) is 0 Å². The summed E-state index contributed by atoms with van der Waals surface area (Å²) in [5.74, 6) is -1.63. The minimum absolute atomic E-state index is 0.143. The van der Waals surface area contributed by atoms with E-state index in [0.29, 0.717) is 24.3 Å². The fourth-order valence-corrected chi connectivity index (χ4v) is 3.80. The third-order valence-corrected chi connectivity index (χ3v) is 5.65. The Bertz CT molecular complexity index is 1050. The van der Waals surface area contributed by atoms with Gasteiger partial charge < -0.3 is 14.6 Å². The fraction of sp³-hybridized carbons (Fsp3) is 0.348. The Morgan fingerprint density at radius 2 is 1.59 bits per heavy atom. The number of imide groups is 1. The topological polar surface area (TPSA) is 117 Å². The van der Waals surface area contributed by atoms with Crippen molar-refractivity contribution in [2.45, 2.75) is 32.2 Å². The van der Waals surface area contributed by atoms with E-state index in [4.69, 9.17) is 4.74 Å². The monoisotopic (exact) mass is 437 g/mol. The van der Waals surface area contributed by atoms with E-state index in [1.807, 2.05) is 0 Å². The summed E-state index contributed by atoms with van der Waals surface area (Å²) >= 11 is 0. The Balaban J connectivity index is 1.29. The molecule has 2 saturated heterocycles. The molecule has 2 fully saturated rings. The van der Waals surface area contributed by atoms with Crippen LogP contribution in [0.15, 0.2) is 36.5 Å². The van der Waals surface area contributed by atoms with Gasteiger partial charge in [0, 0.05) is 37.7 Å². The molecule has 2 aromatic rings. The lowest BCUT2D eigenvalue weighted by Crippen LogP contribution is -2.28. The molecule has 0 radical (unpaired) electrons. The van der Waals surface area contributed by atoms with E-state index in [0.717, 1.165) is 12.8 Å². The van der Waals surface area contributed by atoms with E-state index >= 15 is 0 Å². The van der Waals surface area contributed by atoms with Gasteiger partial charge in [-0.25, -0.2) is 4.79 Å². The van der Waals surface area contributed by atoms with Crippen LogP contribution in [-0.2, 0) is 20.9 Å². The standard InChI is InChI=1S/C23H23N3O6/c27-19(17-11-18(24-12-17)22(30)25-9-1-2-10-25)14-32-23(31)16-5-3-15(4-6-16)13-26-20(28)7-8-21(26)29/h3-6,11-12,24H,1-2,7-10,13-14H2. The van der Waals surface area contributed by atoms with E-state index in [9.17, 15) is 24.0 Å². The Morgan fingerprint density at radius 3 is 2.25 bits per heavy atom. The van der Waals surface area contributed by atoms with Crippen molar-refractivity contribution in [3.63, 3.8) is 0 Å². The number of ether oxygens (including phenoxy) is 1. The first-order valence-corrected chi connectivity index (χ1v) is 10.5. The van der Waals surface area contributed by atoms with E-state index in [1.54, 1.807) is 17.0 Å². The molecular weight excluding hydrogens is 414 g/mol. The molecule has 166 valence electrons. The van der Waals surface area contributed by atoms with E-state index in [1.165, 1.54) is 29.3 Å². The molecule has 1 aromatic heterocycles. The number of benzene rings is 1. The first-order chi connectivity index (χ1) is 15.4. The lowest BCUT2D eigenvalue weighted by molar-refractivity contribution is -0.139. The molecule has 0 spiro atoms. The largest absolute Gasteiger partial charge is 0.454 e. The molecule has 0 atom stereocenters. The van der Waals surface area contributed by atoms with Crippen LogP contribution < -0.4 is 0 Å². The van der Waals surface area contributed by atoms with Crippen molar-refractivity contribution in [1.29, 1.82) is 0 Å². The zero-order valence-corrected chi connectivity index (χ0v) is 17.5. The molecule has 2 aliphatic heterocycles. The van der Waals surface area contributed by atoms with Crippen LogP contribution >= 0.6 is 0 Å². The number of Topliss-reactive ketones (excluding diaryl/α,β-unsaturated/α-hetero) is 1. The average Bonchev–Trinajstić information content (AvgIpc) is 3.56. The highest BCUT2D eigenvalue weighted by Crippen LogP contribution is 2.17. The number of likely N-dealkylation sites (tertiary alicyclic amines) is 2. The number of ketones is 1. The van der Waals surface area contributed by atoms with Crippen LogP contribution in [0.1, 0.15) is 62.5 Å². The quantitative estimate of drug-likeness (QED) is 0.402. The molecular formula is C23H23N3O6. The van der Waals surface area contributed by atoms with Crippen molar-refractivity contribution in [2.75, 3.05) is 19.7 Å². The molecule has 2 aliphatic rings. The molecule has 0 bridgehead atoms. The predicted octanol–water partition coefficient (Wildman–Crippen LogP) is 1.94. The second kappa shape index (κ2) is 9.17. The Morgan fingerprint density at radius 1 is 0.938 bits per heavy atom. The van der Waals surface area contributed by atoms with Crippen molar-refractivity contribution in [1.82, 2.24) is 14.8 Å². The molecule has 9 nitrogen and oxygen atoms in total. The van der Waals surface area contributed by atoms with Gasteiger partial charge in [0.25, 0.3) is 5.91 Å². The number of nitrogens with one attached hydrogen (secondary N) is 1. The number of nitrogens with zero attached hydrogens (tertiary/aromatic N) is 2. The second-order valence-corrected chi connectivity index (χ2v) is 7.87. The van der Waals surface area contributed by atoms with Crippen molar-refractivity contribution >= 4 is 29.5 Å². The van der Waals surface area contributed by atoms with Crippen molar-refractivity contribution < 1.29 is 28.7 Å². The van der Waals surface area contributed by atoms with Gasteiger partial charge in [-0.05, 0) is 36.6 Å². The highest BCUT2D eigenvalue weighted by atomic mass is 16.5. The number of carbonyl (C=O) groups is 5. The molecule has 0 unspecified atom stereocenters. The van der Waals surface area contributed by atoms with E-state index < -0.39 is 18.4 Å². The average molecular weight is 437 g/mol. The summed E-state index contributed by atoms with van der Waals surface area (Å²) in [6, 6.07) is 7.80. The minimum atomic E-state index is -0.665. The van der Waals surface area contributed by atoms with Gasteiger partial charge in [-0.15, -0.1) is 0 Å². The molecule has 4 rings (SSSR count). The molecule has 0 saturated carbocycles. The normalized spacial score (nSPS) is 16.0. The Hall–Kier alpha value is -3.75. The molecule has 0 aliphatic carbocycles. The summed E-state index contributed by atoms with van der Waals surface area (Å²) in [5.41, 5.74) is 1.58. The van der Waals surface area contributed by atoms with Gasteiger partial charge in [0.15, 0.2) is 6.61 Å². The number of H-pyrrole nitrogens is 1. The molecule has 1 aromatic carbocycles. The smallest absolute Gasteiger partial charge is 0.338 e. The summed E-state index contributed by atoms with van der Waals surface area (Å²) in [7, 11) is 0. The number of amides is 3. The van der Waals surface area contributed by atoms with Crippen LogP contribution in [0.5, 0.6) is 0 Å². The zero-order valence-electron chi connectivity index (χ0n) is 17.5. The SMILES string of the molecule is O=C(COC(=O)c1ccc(CN2C(=O)CCC2=O)cc1)c1c[nH]c(C(=O)N2CCCC2)c1. The highest BCUT2D eigenvalue weighted by Gasteiger charge is 2.28. The van der Waals surface area contributed by atoms with Gasteiger partial charge in [0.2, 0.25) is 17.6 Å². The second-order valence-electron chi connectivity index (χ2n) is 7.87. The molecule has 3 amide bonds. The maximum atomic E-state index is 12.4. The molecule has 32 heavy (non-hydrogen) atoms. The van der Waals surface area contributed by atoms with Crippen molar-refractivity contribution in [3.8, 4) is 0 Å². The third-order valence-electron chi connectivity index (χ3n) is 5.65. The molecule has 3 heterocycles. The maximum Gasteiger partial charge on any atom is 0.338 e. The van der Waals surface area contributed by atoms with Crippen LogP contribution in [-0.4, -0.2) is 64.0 Å². The summed E-state index contributed by atoms with van der Waals surface area (Å²) < 4.78 is 5.10. The van der Waals surface area contributed by atoms with Gasteiger partial charge >= 0.3 is 5.97 Å². The lowest BCUT2D eigenvalue weighted by Gasteiger charge is -2.13. The van der Waals surface area contributed by atoms with Crippen LogP contribution in [0.3, 0.4) is 0 Å². The highest BCUT2D eigenvalue weighted by molar-refractivity contribution is 6.02. The first-order valence-electron chi connectivity index (χ1n) is 10.5. The number of rotatable bonds is 7. The van der Waals surface area contributed by atoms with Crippen LogP contribution in [0, 0.1) is 0 Å². The fourth-order valence-electron chi connectivity index (χ4n) is 3.80. The number of aromatic nitrogens is 1. The van der Waals surface area contributed by atoms with Gasteiger partial charge in [0.05, 0.1) is 12.1 Å². The Labute approximate surface area is 184 Å². The molecule has 9 heteroatoms. The predicted molar refractivity (Wildman–Crippen MR) is 112 cm³/mol. The number of hydrogen-bond acceptors (Lipinski definition) is 6. The number of esters is 1. The number of hydrogen-bond donors (Lipinski definition) is 1. The van der Waals surface area contributed by atoms with Gasteiger partial charge in [0.1, 0.15) is 5.69 Å². The van der Waals surface area contributed by atoms with Crippen LogP contribution in [0.2, 0.25) is 0 Å². The van der Waals surface area contributed by atoms with E-state index in [2.05, 4.69) is 4.98 Å². The molecule has 1 N–H and O–H groups in total. The van der Waals surface area contributed by atoms with Gasteiger partial charge in [-0.1, -0.05) is 12.1 Å². The third kappa shape index (κ3) is 4.61. The summed E-state index contributed by atoms with van der Waals surface area (Å²) in [4.78, 5) is 66.2. The number of carbonyl (C=O) groups excluding carboxylic acids is 5. The minimum Gasteiger partial charge on any atom is -0.454 e. The van der Waals surface area contributed by atoms with Crippen molar-refractivity contribution in [3.05, 3.63) is 58.9 Å². The van der Waals surface area contributed by atoms with E-state index in [-0.39, 0.29) is 48.2 Å². The zero-order chi connectivity index (χ0) is 22.7. The Kier molecular flexibility index (Phi) is 6.16. The summed E-state index contributed by atoms with van der Waals surface area (Å²) in [6.45, 7) is 1.13. The maximum absolute atomic E-state index is 12.4.